The van der Waals surface area contributed by atoms with Crippen LogP contribution in [0.5, 0.6) is 0 Å². The van der Waals surface area contributed by atoms with Crippen LogP contribution < -0.4 is 10.6 Å². The largest absolute Gasteiger partial charge is 0.369 e. The van der Waals surface area contributed by atoms with E-state index >= 15 is 0 Å². The standard InChI is InChI=1S/C20H31N7/c1-4-16(2)23-20-24-18(17-6-5-7-21-15-17)14-19(25-20)22-8-9-27-12-10-26(3)11-13-27/h5-7,14-16H,4,8-13H2,1-3H3,(H2,22,23,24,25)/t16-/m0/s1. The number of rotatable bonds is 8. The molecule has 0 unspecified atom stereocenters. The van der Waals surface area contributed by atoms with Gasteiger partial charge in [0, 0.05) is 69.3 Å². The minimum Gasteiger partial charge on any atom is -0.369 e. The average molecular weight is 370 g/mol. The molecule has 1 saturated heterocycles. The van der Waals surface area contributed by atoms with Crippen LogP contribution in [0.4, 0.5) is 11.8 Å². The Kier molecular flexibility index (Phi) is 6.95. The molecule has 0 spiro atoms. The zero-order chi connectivity index (χ0) is 19.1. The zero-order valence-corrected chi connectivity index (χ0v) is 16.6. The number of piperazine rings is 1. The van der Waals surface area contributed by atoms with Gasteiger partial charge in [0.2, 0.25) is 5.95 Å². The van der Waals surface area contributed by atoms with Gasteiger partial charge in [0.15, 0.2) is 0 Å². The van der Waals surface area contributed by atoms with E-state index < -0.39 is 0 Å². The smallest absolute Gasteiger partial charge is 0.225 e. The van der Waals surface area contributed by atoms with Crippen LogP contribution in [0.2, 0.25) is 0 Å². The van der Waals surface area contributed by atoms with Crippen LogP contribution in [0.3, 0.4) is 0 Å². The Morgan fingerprint density at radius 1 is 1.19 bits per heavy atom. The van der Waals surface area contributed by atoms with E-state index in [0.717, 1.165) is 62.8 Å². The van der Waals surface area contributed by atoms with Gasteiger partial charge in [0.25, 0.3) is 0 Å². The molecule has 0 saturated carbocycles. The quantitative estimate of drug-likeness (QED) is 0.740. The maximum atomic E-state index is 4.68. The number of nitrogens with zero attached hydrogens (tertiary/aromatic N) is 5. The average Bonchev–Trinajstić information content (AvgIpc) is 2.70. The normalized spacial score (nSPS) is 16.9. The lowest BCUT2D eigenvalue weighted by Crippen LogP contribution is -2.45. The minimum atomic E-state index is 0.326. The summed E-state index contributed by atoms with van der Waals surface area (Å²) in [6.07, 6.45) is 4.63. The fraction of sp³-hybridized carbons (Fsp3) is 0.550. The van der Waals surface area contributed by atoms with E-state index in [1.807, 2.05) is 24.4 Å². The third-order valence-corrected chi connectivity index (χ3v) is 5.00. The Labute approximate surface area is 162 Å². The number of hydrogen-bond acceptors (Lipinski definition) is 7. The summed E-state index contributed by atoms with van der Waals surface area (Å²) in [5.41, 5.74) is 1.88. The highest BCUT2D eigenvalue weighted by atomic mass is 15.3. The molecule has 0 amide bonds. The second-order valence-corrected chi connectivity index (χ2v) is 7.23. The van der Waals surface area contributed by atoms with Gasteiger partial charge < -0.3 is 15.5 Å². The first-order valence-corrected chi connectivity index (χ1v) is 9.85. The third-order valence-electron chi connectivity index (χ3n) is 5.00. The van der Waals surface area contributed by atoms with Crippen molar-refractivity contribution in [2.75, 3.05) is 56.9 Å². The lowest BCUT2D eigenvalue weighted by Gasteiger charge is -2.32. The van der Waals surface area contributed by atoms with E-state index in [2.05, 4.69) is 56.3 Å². The SMILES string of the molecule is CC[C@H](C)Nc1nc(NCCN2CCN(C)CC2)cc(-c2cccnc2)n1. The summed E-state index contributed by atoms with van der Waals surface area (Å²) in [6.45, 7) is 10.7. The number of nitrogens with one attached hydrogen (secondary N) is 2. The first-order valence-electron chi connectivity index (χ1n) is 9.85. The van der Waals surface area contributed by atoms with E-state index in [9.17, 15) is 0 Å². The number of aromatic nitrogens is 3. The van der Waals surface area contributed by atoms with E-state index in [1.54, 1.807) is 6.20 Å². The van der Waals surface area contributed by atoms with Gasteiger partial charge >= 0.3 is 0 Å². The van der Waals surface area contributed by atoms with Crippen molar-refractivity contribution < 1.29 is 0 Å². The molecule has 7 nitrogen and oxygen atoms in total. The Morgan fingerprint density at radius 2 is 2.00 bits per heavy atom. The van der Waals surface area contributed by atoms with Gasteiger partial charge in [-0.25, -0.2) is 4.98 Å². The Morgan fingerprint density at radius 3 is 2.70 bits per heavy atom. The van der Waals surface area contributed by atoms with Crippen molar-refractivity contribution in [2.45, 2.75) is 26.3 Å². The van der Waals surface area contributed by atoms with Gasteiger partial charge in [-0.3, -0.25) is 9.88 Å². The maximum absolute atomic E-state index is 4.68. The summed E-state index contributed by atoms with van der Waals surface area (Å²) in [5, 5.41) is 6.87. The summed E-state index contributed by atoms with van der Waals surface area (Å²) >= 11 is 0. The fourth-order valence-electron chi connectivity index (χ4n) is 3.00. The predicted molar refractivity (Wildman–Crippen MR) is 111 cm³/mol. The van der Waals surface area contributed by atoms with Gasteiger partial charge in [-0.1, -0.05) is 6.92 Å². The molecule has 2 N–H and O–H groups in total. The molecular formula is C20H31N7. The lowest BCUT2D eigenvalue weighted by molar-refractivity contribution is 0.158. The fourth-order valence-corrected chi connectivity index (χ4v) is 3.00. The van der Waals surface area contributed by atoms with E-state index in [0.29, 0.717) is 12.0 Å². The van der Waals surface area contributed by atoms with E-state index in [1.165, 1.54) is 0 Å². The van der Waals surface area contributed by atoms with Crippen LogP contribution >= 0.6 is 0 Å². The Balaban J connectivity index is 1.68. The highest BCUT2D eigenvalue weighted by molar-refractivity contribution is 5.63. The van der Waals surface area contributed by atoms with Gasteiger partial charge in [0.05, 0.1) is 5.69 Å². The molecule has 1 fully saturated rings. The Hall–Kier alpha value is -2.25. The molecule has 0 aromatic carbocycles. The van der Waals surface area contributed by atoms with Gasteiger partial charge in [-0.15, -0.1) is 0 Å². The summed E-state index contributed by atoms with van der Waals surface area (Å²) < 4.78 is 0. The number of hydrogen-bond donors (Lipinski definition) is 2. The first kappa shape index (κ1) is 19.5. The molecule has 3 rings (SSSR count). The summed E-state index contributed by atoms with van der Waals surface area (Å²) in [6, 6.07) is 6.28. The molecule has 0 aliphatic carbocycles. The van der Waals surface area contributed by atoms with E-state index in [4.69, 9.17) is 0 Å². The summed E-state index contributed by atoms with van der Waals surface area (Å²) in [5.74, 6) is 1.51. The number of anilines is 2. The molecule has 3 heterocycles. The van der Waals surface area contributed by atoms with Gasteiger partial charge in [0.1, 0.15) is 5.82 Å². The van der Waals surface area contributed by atoms with Crippen LogP contribution in [-0.2, 0) is 0 Å². The Bertz CT molecular complexity index is 699. The molecule has 1 atom stereocenters. The monoisotopic (exact) mass is 369 g/mol. The molecule has 1 aliphatic heterocycles. The van der Waals surface area contributed by atoms with Crippen molar-refractivity contribution >= 4 is 11.8 Å². The van der Waals surface area contributed by atoms with Crippen LogP contribution in [0.1, 0.15) is 20.3 Å². The second-order valence-electron chi connectivity index (χ2n) is 7.23. The zero-order valence-electron chi connectivity index (χ0n) is 16.6. The molecular weight excluding hydrogens is 338 g/mol. The lowest BCUT2D eigenvalue weighted by atomic mass is 10.2. The number of pyridine rings is 1. The van der Waals surface area contributed by atoms with Crippen molar-refractivity contribution in [1.29, 1.82) is 0 Å². The van der Waals surface area contributed by atoms with Gasteiger partial charge in [-0.2, -0.15) is 4.98 Å². The highest BCUT2D eigenvalue weighted by Crippen LogP contribution is 2.21. The third kappa shape index (κ3) is 5.87. The van der Waals surface area contributed by atoms with Crippen molar-refractivity contribution in [3.8, 4) is 11.3 Å². The van der Waals surface area contributed by atoms with Crippen LogP contribution in [0.15, 0.2) is 30.6 Å². The van der Waals surface area contributed by atoms with E-state index in [-0.39, 0.29) is 0 Å². The van der Waals surface area contributed by atoms with Crippen LogP contribution in [0, 0.1) is 0 Å². The molecule has 0 bridgehead atoms. The van der Waals surface area contributed by atoms with Crippen molar-refractivity contribution in [2.24, 2.45) is 0 Å². The van der Waals surface area contributed by atoms with Crippen LogP contribution in [-0.4, -0.2) is 77.1 Å². The maximum Gasteiger partial charge on any atom is 0.225 e. The molecule has 27 heavy (non-hydrogen) atoms. The molecule has 7 heteroatoms. The van der Waals surface area contributed by atoms with Crippen molar-refractivity contribution in [1.82, 2.24) is 24.8 Å². The predicted octanol–water partition coefficient (Wildman–Crippen LogP) is 2.41. The minimum absolute atomic E-state index is 0.326. The van der Waals surface area contributed by atoms with Crippen molar-refractivity contribution in [3.05, 3.63) is 30.6 Å². The van der Waals surface area contributed by atoms with Crippen LogP contribution in [0.25, 0.3) is 11.3 Å². The molecule has 1 aliphatic rings. The molecule has 0 radical (unpaired) electrons. The first-order chi connectivity index (χ1) is 13.1. The topological polar surface area (TPSA) is 69.2 Å². The highest BCUT2D eigenvalue weighted by Gasteiger charge is 2.13. The molecule has 146 valence electrons. The van der Waals surface area contributed by atoms with Crippen molar-refractivity contribution in [3.63, 3.8) is 0 Å². The van der Waals surface area contributed by atoms with Gasteiger partial charge in [-0.05, 0) is 32.5 Å². The second kappa shape index (κ2) is 9.62. The summed E-state index contributed by atoms with van der Waals surface area (Å²) in [7, 11) is 2.18. The molecule has 2 aromatic heterocycles. The number of likely N-dealkylation sites (N-methyl/N-ethyl adjacent to an activating group) is 1. The summed E-state index contributed by atoms with van der Waals surface area (Å²) in [4.78, 5) is 18.4. The molecule has 2 aromatic rings.